The maximum Gasteiger partial charge on any atom is 0.322 e. The molecule has 0 aliphatic carbocycles. The minimum absolute atomic E-state index is 0. The lowest BCUT2D eigenvalue weighted by atomic mass is 10.0. The number of hydrogen-bond acceptors (Lipinski definition) is 4. The first kappa shape index (κ1) is 20.5. The van der Waals surface area contributed by atoms with Crippen LogP contribution in [-0.4, -0.2) is 19.1 Å². The van der Waals surface area contributed by atoms with Crippen molar-refractivity contribution >= 4 is 18.4 Å². The van der Waals surface area contributed by atoms with Crippen molar-refractivity contribution in [2.45, 2.75) is 12.5 Å². The van der Waals surface area contributed by atoms with Gasteiger partial charge in [-0.2, -0.15) is 0 Å². The maximum atomic E-state index is 11.5. The fourth-order valence-corrected chi connectivity index (χ4v) is 2.72. The number of nitrogens with two attached hydrogens (primary N) is 1. The van der Waals surface area contributed by atoms with E-state index in [1.807, 2.05) is 78.9 Å². The molecule has 3 aromatic carbocycles. The number of carbonyl (C=O) groups excluding carboxylic acids is 1. The zero-order valence-electron chi connectivity index (χ0n) is 15.0. The average molecular weight is 384 g/mol. The fourth-order valence-electron chi connectivity index (χ4n) is 2.72. The van der Waals surface area contributed by atoms with Gasteiger partial charge >= 0.3 is 5.97 Å². The SMILES string of the molecule is COC(=O)[C@@H](N)Cc1ccc(-c2ccccc2Oc2ccccc2)cc1.Cl. The second kappa shape index (κ2) is 9.76. The molecule has 0 bridgehead atoms. The first-order chi connectivity index (χ1) is 12.7. The molecule has 0 aliphatic rings. The third-order valence-corrected chi connectivity index (χ3v) is 4.08. The van der Waals surface area contributed by atoms with E-state index in [9.17, 15) is 4.79 Å². The highest BCUT2D eigenvalue weighted by molar-refractivity contribution is 5.85. The highest BCUT2D eigenvalue weighted by atomic mass is 35.5. The molecular formula is C22H22ClNO3. The van der Waals surface area contributed by atoms with Gasteiger partial charge in [0.05, 0.1) is 7.11 Å². The van der Waals surface area contributed by atoms with Crippen LogP contribution < -0.4 is 10.5 Å². The lowest BCUT2D eigenvalue weighted by Gasteiger charge is -2.13. The highest BCUT2D eigenvalue weighted by Gasteiger charge is 2.14. The van der Waals surface area contributed by atoms with E-state index in [-0.39, 0.29) is 12.4 Å². The predicted molar refractivity (Wildman–Crippen MR) is 109 cm³/mol. The summed E-state index contributed by atoms with van der Waals surface area (Å²) in [6.45, 7) is 0. The number of methoxy groups -OCH3 is 1. The van der Waals surface area contributed by atoms with E-state index >= 15 is 0 Å². The molecule has 27 heavy (non-hydrogen) atoms. The van der Waals surface area contributed by atoms with Crippen molar-refractivity contribution < 1.29 is 14.3 Å². The largest absolute Gasteiger partial charge is 0.468 e. The minimum atomic E-state index is -0.653. The first-order valence-electron chi connectivity index (χ1n) is 8.42. The number of esters is 1. The maximum absolute atomic E-state index is 11.5. The minimum Gasteiger partial charge on any atom is -0.468 e. The molecule has 0 heterocycles. The Morgan fingerprint density at radius 1 is 0.926 bits per heavy atom. The van der Waals surface area contributed by atoms with Gasteiger partial charge in [0.2, 0.25) is 0 Å². The Morgan fingerprint density at radius 3 is 2.22 bits per heavy atom. The molecule has 140 valence electrons. The van der Waals surface area contributed by atoms with Crippen LogP contribution in [0.1, 0.15) is 5.56 Å². The summed E-state index contributed by atoms with van der Waals surface area (Å²) >= 11 is 0. The van der Waals surface area contributed by atoms with Crippen molar-refractivity contribution in [3.8, 4) is 22.6 Å². The summed E-state index contributed by atoms with van der Waals surface area (Å²) in [6.07, 6.45) is 0.440. The van der Waals surface area contributed by atoms with Gasteiger partial charge in [-0.25, -0.2) is 0 Å². The van der Waals surface area contributed by atoms with Gasteiger partial charge in [0.25, 0.3) is 0 Å². The summed E-state index contributed by atoms with van der Waals surface area (Å²) in [5, 5.41) is 0. The molecule has 2 N–H and O–H groups in total. The standard InChI is InChI=1S/C22H21NO3.ClH/c1-25-22(24)20(23)15-16-11-13-17(14-12-16)19-9-5-6-10-21(19)26-18-7-3-2-4-8-18;/h2-14,20H,15,23H2,1H3;1H/t20-;/m0./s1. The Labute approximate surface area is 165 Å². The first-order valence-corrected chi connectivity index (χ1v) is 8.42. The average Bonchev–Trinajstić information content (AvgIpc) is 2.69. The van der Waals surface area contributed by atoms with Crippen LogP contribution in [0.4, 0.5) is 0 Å². The second-order valence-corrected chi connectivity index (χ2v) is 5.94. The number of halogens is 1. The topological polar surface area (TPSA) is 61.5 Å². The van der Waals surface area contributed by atoms with Crippen molar-refractivity contribution in [2.24, 2.45) is 5.73 Å². The van der Waals surface area contributed by atoms with Crippen LogP contribution in [0.15, 0.2) is 78.9 Å². The van der Waals surface area contributed by atoms with Gasteiger partial charge in [-0.05, 0) is 35.7 Å². The fraction of sp³-hybridized carbons (Fsp3) is 0.136. The summed E-state index contributed by atoms with van der Waals surface area (Å²) < 4.78 is 10.7. The van der Waals surface area contributed by atoms with Crippen LogP contribution in [0.5, 0.6) is 11.5 Å². The van der Waals surface area contributed by atoms with Crippen LogP contribution >= 0.6 is 12.4 Å². The van der Waals surface area contributed by atoms with Crippen molar-refractivity contribution in [1.29, 1.82) is 0 Å². The van der Waals surface area contributed by atoms with Crippen LogP contribution in [0.25, 0.3) is 11.1 Å². The summed E-state index contributed by atoms with van der Waals surface area (Å²) in [4.78, 5) is 11.5. The molecule has 0 fully saturated rings. The molecule has 4 nitrogen and oxygen atoms in total. The highest BCUT2D eigenvalue weighted by Crippen LogP contribution is 2.33. The molecule has 0 saturated carbocycles. The number of hydrogen-bond donors (Lipinski definition) is 1. The van der Waals surface area contributed by atoms with Gasteiger partial charge in [0, 0.05) is 5.56 Å². The Hall–Kier alpha value is -2.82. The molecule has 3 aromatic rings. The third-order valence-electron chi connectivity index (χ3n) is 4.08. The van der Waals surface area contributed by atoms with E-state index in [0.717, 1.165) is 28.2 Å². The zero-order chi connectivity index (χ0) is 18.4. The van der Waals surface area contributed by atoms with E-state index in [4.69, 9.17) is 10.5 Å². The van der Waals surface area contributed by atoms with E-state index in [0.29, 0.717) is 6.42 Å². The van der Waals surface area contributed by atoms with E-state index < -0.39 is 12.0 Å². The van der Waals surface area contributed by atoms with Crippen LogP contribution in [0, 0.1) is 0 Å². The summed E-state index contributed by atoms with van der Waals surface area (Å²) in [7, 11) is 1.34. The number of rotatable bonds is 6. The van der Waals surface area contributed by atoms with Crippen molar-refractivity contribution in [1.82, 2.24) is 0 Å². The molecule has 0 amide bonds. The van der Waals surface area contributed by atoms with E-state index in [2.05, 4.69) is 4.74 Å². The summed E-state index contributed by atoms with van der Waals surface area (Å²) in [5.74, 6) is 1.18. The molecule has 3 rings (SSSR count). The predicted octanol–water partition coefficient (Wildman–Crippen LogP) is 4.61. The van der Waals surface area contributed by atoms with Crippen LogP contribution in [0.3, 0.4) is 0 Å². The monoisotopic (exact) mass is 383 g/mol. The number of para-hydroxylation sites is 2. The Kier molecular flexibility index (Phi) is 7.41. The van der Waals surface area contributed by atoms with Crippen molar-refractivity contribution in [2.75, 3.05) is 7.11 Å². The van der Waals surface area contributed by atoms with E-state index in [1.54, 1.807) is 0 Å². The summed E-state index contributed by atoms with van der Waals surface area (Å²) in [5.41, 5.74) is 8.84. The molecule has 0 spiro atoms. The zero-order valence-corrected chi connectivity index (χ0v) is 15.8. The molecule has 5 heteroatoms. The second-order valence-electron chi connectivity index (χ2n) is 5.94. The van der Waals surface area contributed by atoms with Crippen LogP contribution in [-0.2, 0) is 16.0 Å². The molecule has 1 atom stereocenters. The Morgan fingerprint density at radius 2 is 1.56 bits per heavy atom. The Bertz CT molecular complexity index is 866. The van der Waals surface area contributed by atoms with Crippen molar-refractivity contribution in [3.63, 3.8) is 0 Å². The lowest BCUT2D eigenvalue weighted by molar-refractivity contribution is -0.142. The summed E-state index contributed by atoms with van der Waals surface area (Å²) in [6, 6.07) is 24.9. The molecule has 0 aromatic heterocycles. The van der Waals surface area contributed by atoms with E-state index in [1.165, 1.54) is 7.11 Å². The van der Waals surface area contributed by atoms with Gasteiger partial charge in [0.15, 0.2) is 0 Å². The number of carbonyl (C=O) groups is 1. The van der Waals surface area contributed by atoms with Crippen LogP contribution in [0.2, 0.25) is 0 Å². The number of benzene rings is 3. The normalized spacial score (nSPS) is 11.2. The van der Waals surface area contributed by atoms with Gasteiger partial charge < -0.3 is 15.2 Å². The Balaban J connectivity index is 0.00000261. The van der Waals surface area contributed by atoms with Gasteiger partial charge in [-0.15, -0.1) is 12.4 Å². The van der Waals surface area contributed by atoms with Crippen molar-refractivity contribution in [3.05, 3.63) is 84.4 Å². The third kappa shape index (κ3) is 5.33. The quantitative estimate of drug-likeness (QED) is 0.631. The van der Waals surface area contributed by atoms with Gasteiger partial charge in [-0.3, -0.25) is 4.79 Å². The molecule has 0 aliphatic heterocycles. The lowest BCUT2D eigenvalue weighted by Crippen LogP contribution is -2.33. The van der Waals surface area contributed by atoms with Gasteiger partial charge in [-0.1, -0.05) is 60.7 Å². The smallest absolute Gasteiger partial charge is 0.322 e. The molecule has 0 saturated heterocycles. The number of ether oxygens (including phenoxy) is 2. The molecular weight excluding hydrogens is 362 g/mol. The molecule has 0 unspecified atom stereocenters. The molecule has 0 radical (unpaired) electrons. The van der Waals surface area contributed by atoms with Gasteiger partial charge in [0.1, 0.15) is 17.5 Å².